The smallest absolute Gasteiger partial charge is 0.244 e. The number of nitrogens with zero attached hydrogens (tertiary/aromatic N) is 1. The fourth-order valence-electron chi connectivity index (χ4n) is 2.24. The molecule has 0 aliphatic heterocycles. The molecule has 0 heterocycles. The van der Waals surface area contributed by atoms with Crippen LogP contribution in [0.15, 0.2) is 53.0 Å². The molecule has 0 bridgehead atoms. The molecule has 0 aromatic heterocycles. The summed E-state index contributed by atoms with van der Waals surface area (Å²) in [7, 11) is 3.98. The van der Waals surface area contributed by atoms with Crippen molar-refractivity contribution in [1.29, 1.82) is 0 Å². The molecule has 2 aromatic carbocycles. The molecular weight excluding hydrogens is 354 g/mol. The summed E-state index contributed by atoms with van der Waals surface area (Å²) in [4.78, 5) is 14.5. The third-order valence-electron chi connectivity index (χ3n) is 3.80. The minimum Gasteiger partial charge on any atom is -0.378 e. The van der Waals surface area contributed by atoms with Crippen molar-refractivity contribution in [2.24, 2.45) is 5.73 Å². The van der Waals surface area contributed by atoms with E-state index in [-0.39, 0.29) is 5.91 Å². The minimum absolute atomic E-state index is 0.199. The standard InChI is InChI=1S/C18H22BrN3O/c1-18(20,14-7-9-15(19)10-8-14)17(23)21-12-13-5-4-6-16(11-13)22(2)3/h4-11H,12,20H2,1-3H3,(H,21,23). The van der Waals surface area contributed by atoms with Crippen molar-refractivity contribution in [3.8, 4) is 0 Å². The topological polar surface area (TPSA) is 58.4 Å². The molecule has 0 saturated heterocycles. The third-order valence-corrected chi connectivity index (χ3v) is 4.32. The van der Waals surface area contributed by atoms with Crippen molar-refractivity contribution in [3.63, 3.8) is 0 Å². The van der Waals surface area contributed by atoms with Gasteiger partial charge in [-0.15, -0.1) is 0 Å². The van der Waals surface area contributed by atoms with Gasteiger partial charge in [0.1, 0.15) is 5.54 Å². The van der Waals surface area contributed by atoms with Crippen molar-refractivity contribution < 1.29 is 4.79 Å². The number of nitrogens with one attached hydrogen (secondary N) is 1. The van der Waals surface area contributed by atoms with E-state index < -0.39 is 5.54 Å². The first-order chi connectivity index (χ1) is 10.8. The van der Waals surface area contributed by atoms with E-state index in [2.05, 4.69) is 21.2 Å². The number of anilines is 1. The Bertz CT molecular complexity index is 681. The lowest BCUT2D eigenvalue weighted by molar-refractivity contribution is -0.126. The van der Waals surface area contributed by atoms with Crippen LogP contribution in [0.25, 0.3) is 0 Å². The lowest BCUT2D eigenvalue weighted by Crippen LogP contribution is -2.48. The maximum atomic E-state index is 12.5. The van der Waals surface area contributed by atoms with E-state index in [0.717, 1.165) is 21.3 Å². The van der Waals surface area contributed by atoms with E-state index in [1.807, 2.05) is 67.5 Å². The molecule has 0 fully saturated rings. The molecule has 0 spiro atoms. The average Bonchev–Trinajstić information content (AvgIpc) is 2.53. The van der Waals surface area contributed by atoms with Crippen LogP contribution in [0.4, 0.5) is 5.69 Å². The minimum atomic E-state index is -1.07. The molecule has 0 aliphatic carbocycles. The molecule has 0 aliphatic rings. The van der Waals surface area contributed by atoms with E-state index in [4.69, 9.17) is 5.73 Å². The second-order valence-corrected chi connectivity index (χ2v) is 6.87. The first-order valence-electron chi connectivity index (χ1n) is 7.40. The van der Waals surface area contributed by atoms with Crippen LogP contribution in [0, 0.1) is 0 Å². The second kappa shape index (κ2) is 7.15. The van der Waals surface area contributed by atoms with Crippen molar-refractivity contribution in [3.05, 3.63) is 64.1 Å². The summed E-state index contributed by atoms with van der Waals surface area (Å²) in [5.41, 5.74) is 8.08. The van der Waals surface area contributed by atoms with Gasteiger partial charge in [-0.2, -0.15) is 0 Å². The molecule has 122 valence electrons. The number of halogens is 1. The molecule has 2 rings (SSSR count). The van der Waals surface area contributed by atoms with E-state index >= 15 is 0 Å². The lowest BCUT2D eigenvalue weighted by atomic mass is 9.92. The number of hydrogen-bond acceptors (Lipinski definition) is 3. The predicted octanol–water partition coefficient (Wildman–Crippen LogP) is 3.01. The largest absolute Gasteiger partial charge is 0.378 e. The average molecular weight is 376 g/mol. The summed E-state index contributed by atoms with van der Waals surface area (Å²) in [5.74, 6) is -0.199. The molecule has 1 amide bonds. The first-order valence-corrected chi connectivity index (χ1v) is 8.19. The van der Waals surface area contributed by atoms with Crippen LogP contribution in [-0.4, -0.2) is 20.0 Å². The Labute approximate surface area is 145 Å². The van der Waals surface area contributed by atoms with Gasteiger partial charge in [0.2, 0.25) is 5.91 Å². The molecule has 0 saturated carbocycles. The summed E-state index contributed by atoms with van der Waals surface area (Å²) >= 11 is 3.38. The molecule has 5 heteroatoms. The molecule has 4 nitrogen and oxygen atoms in total. The summed E-state index contributed by atoms with van der Waals surface area (Å²) in [6, 6.07) is 15.5. The van der Waals surface area contributed by atoms with Crippen molar-refractivity contribution in [1.82, 2.24) is 5.32 Å². The lowest BCUT2D eigenvalue weighted by Gasteiger charge is -2.24. The predicted molar refractivity (Wildman–Crippen MR) is 98.3 cm³/mol. The first kappa shape index (κ1) is 17.5. The van der Waals surface area contributed by atoms with Gasteiger partial charge >= 0.3 is 0 Å². The van der Waals surface area contributed by atoms with Crippen LogP contribution >= 0.6 is 15.9 Å². The Balaban J connectivity index is 2.06. The SMILES string of the molecule is CN(C)c1cccc(CNC(=O)C(C)(N)c2ccc(Br)cc2)c1. The van der Waals surface area contributed by atoms with Gasteiger partial charge in [-0.05, 0) is 42.3 Å². The Morgan fingerprint density at radius 1 is 1.22 bits per heavy atom. The monoisotopic (exact) mass is 375 g/mol. The highest BCUT2D eigenvalue weighted by Crippen LogP contribution is 2.21. The highest BCUT2D eigenvalue weighted by Gasteiger charge is 2.30. The fraction of sp³-hybridized carbons (Fsp3) is 0.278. The quantitative estimate of drug-likeness (QED) is 0.844. The van der Waals surface area contributed by atoms with E-state index in [0.29, 0.717) is 6.54 Å². The zero-order chi connectivity index (χ0) is 17.0. The molecule has 1 unspecified atom stereocenters. The zero-order valence-electron chi connectivity index (χ0n) is 13.6. The van der Waals surface area contributed by atoms with E-state index in [9.17, 15) is 4.79 Å². The van der Waals surface area contributed by atoms with Gasteiger partial charge in [0, 0.05) is 30.8 Å². The van der Waals surface area contributed by atoms with Gasteiger partial charge in [-0.3, -0.25) is 4.79 Å². The maximum absolute atomic E-state index is 12.5. The molecular formula is C18H22BrN3O. The molecule has 2 aromatic rings. The van der Waals surface area contributed by atoms with Gasteiger partial charge in [-0.1, -0.05) is 40.2 Å². The van der Waals surface area contributed by atoms with Crippen LogP contribution in [0.3, 0.4) is 0 Å². The van der Waals surface area contributed by atoms with Gasteiger partial charge < -0.3 is 16.0 Å². The molecule has 3 N–H and O–H groups in total. The number of nitrogens with two attached hydrogens (primary N) is 1. The van der Waals surface area contributed by atoms with Crippen LogP contribution in [-0.2, 0) is 16.9 Å². The highest BCUT2D eigenvalue weighted by atomic mass is 79.9. The number of hydrogen-bond donors (Lipinski definition) is 2. The van der Waals surface area contributed by atoms with Gasteiger partial charge in [0.25, 0.3) is 0 Å². The second-order valence-electron chi connectivity index (χ2n) is 5.96. The normalized spacial score (nSPS) is 13.3. The highest BCUT2D eigenvalue weighted by molar-refractivity contribution is 9.10. The van der Waals surface area contributed by atoms with Crippen LogP contribution < -0.4 is 16.0 Å². The number of amides is 1. The Kier molecular flexibility index (Phi) is 5.44. The number of carbonyl (C=O) groups excluding carboxylic acids is 1. The van der Waals surface area contributed by atoms with E-state index in [1.165, 1.54) is 0 Å². The van der Waals surface area contributed by atoms with Crippen LogP contribution in [0.2, 0.25) is 0 Å². The molecule has 0 radical (unpaired) electrons. The summed E-state index contributed by atoms with van der Waals surface area (Å²) in [6.45, 7) is 2.17. The summed E-state index contributed by atoms with van der Waals surface area (Å²) in [6.07, 6.45) is 0. The maximum Gasteiger partial charge on any atom is 0.244 e. The fourth-order valence-corrected chi connectivity index (χ4v) is 2.50. The van der Waals surface area contributed by atoms with Gasteiger partial charge in [0.15, 0.2) is 0 Å². The summed E-state index contributed by atoms with van der Waals surface area (Å²) in [5, 5.41) is 2.92. The molecule has 23 heavy (non-hydrogen) atoms. The Hall–Kier alpha value is -1.85. The van der Waals surface area contributed by atoms with Crippen LogP contribution in [0.1, 0.15) is 18.1 Å². The van der Waals surface area contributed by atoms with Crippen LogP contribution in [0.5, 0.6) is 0 Å². The Morgan fingerprint density at radius 3 is 2.48 bits per heavy atom. The molecule has 1 atom stereocenters. The Morgan fingerprint density at radius 2 is 1.87 bits per heavy atom. The van der Waals surface area contributed by atoms with Gasteiger partial charge in [0.05, 0.1) is 0 Å². The van der Waals surface area contributed by atoms with Crippen molar-refractivity contribution in [2.45, 2.75) is 19.0 Å². The summed E-state index contributed by atoms with van der Waals surface area (Å²) < 4.78 is 0.956. The number of carbonyl (C=O) groups is 1. The zero-order valence-corrected chi connectivity index (χ0v) is 15.2. The third kappa shape index (κ3) is 4.33. The van der Waals surface area contributed by atoms with Gasteiger partial charge in [-0.25, -0.2) is 0 Å². The number of benzene rings is 2. The number of rotatable bonds is 5. The van der Waals surface area contributed by atoms with Crippen molar-refractivity contribution >= 4 is 27.5 Å². The van der Waals surface area contributed by atoms with E-state index in [1.54, 1.807) is 6.92 Å². The van der Waals surface area contributed by atoms with Crippen molar-refractivity contribution in [2.75, 3.05) is 19.0 Å².